The van der Waals surface area contributed by atoms with Crippen molar-refractivity contribution < 1.29 is 4.79 Å². The van der Waals surface area contributed by atoms with Crippen LogP contribution in [0.2, 0.25) is 0 Å². The van der Waals surface area contributed by atoms with Crippen LogP contribution in [-0.4, -0.2) is 24.0 Å². The summed E-state index contributed by atoms with van der Waals surface area (Å²) in [5.74, 6) is 0.261. The van der Waals surface area contributed by atoms with Crippen LogP contribution in [0.5, 0.6) is 0 Å². The van der Waals surface area contributed by atoms with Crippen molar-refractivity contribution in [1.82, 2.24) is 15.6 Å². The Hall–Kier alpha value is -0.840. The zero-order chi connectivity index (χ0) is 12.1. The Kier molecular flexibility index (Phi) is 8.72. The van der Waals surface area contributed by atoms with Gasteiger partial charge in [0, 0.05) is 18.9 Å². The third-order valence-electron chi connectivity index (χ3n) is 3.21. The van der Waals surface area contributed by atoms with Gasteiger partial charge in [0.15, 0.2) is 0 Å². The van der Waals surface area contributed by atoms with E-state index in [1.807, 2.05) is 19.1 Å². The SMILES string of the molecule is C[C@H](NC(=O)[C@@H]1CCCNC1)c1cccnc1.Cl.Cl. The molecule has 4 nitrogen and oxygen atoms in total. The second-order valence-electron chi connectivity index (χ2n) is 4.56. The molecule has 0 saturated carbocycles. The highest BCUT2D eigenvalue weighted by molar-refractivity contribution is 5.85. The summed E-state index contributed by atoms with van der Waals surface area (Å²) < 4.78 is 0. The summed E-state index contributed by atoms with van der Waals surface area (Å²) >= 11 is 0. The number of piperidine rings is 1. The number of nitrogens with zero attached hydrogens (tertiary/aromatic N) is 1. The Morgan fingerprint density at radius 1 is 1.53 bits per heavy atom. The van der Waals surface area contributed by atoms with Crippen LogP contribution in [0.3, 0.4) is 0 Å². The monoisotopic (exact) mass is 305 g/mol. The minimum Gasteiger partial charge on any atom is -0.349 e. The molecule has 1 aromatic rings. The number of hydrogen-bond acceptors (Lipinski definition) is 3. The average Bonchev–Trinajstić information content (AvgIpc) is 2.40. The van der Waals surface area contributed by atoms with Gasteiger partial charge in [-0.1, -0.05) is 6.07 Å². The van der Waals surface area contributed by atoms with E-state index in [1.54, 1.807) is 12.4 Å². The molecule has 2 rings (SSSR count). The maximum Gasteiger partial charge on any atom is 0.224 e. The Balaban J connectivity index is 0.00000162. The van der Waals surface area contributed by atoms with Crippen molar-refractivity contribution in [2.24, 2.45) is 5.92 Å². The van der Waals surface area contributed by atoms with Gasteiger partial charge >= 0.3 is 0 Å². The fourth-order valence-electron chi connectivity index (χ4n) is 2.12. The maximum atomic E-state index is 12.0. The Bertz CT molecular complexity index is 369. The van der Waals surface area contributed by atoms with E-state index >= 15 is 0 Å². The van der Waals surface area contributed by atoms with Gasteiger partial charge < -0.3 is 10.6 Å². The molecule has 2 N–H and O–H groups in total. The molecule has 0 unspecified atom stereocenters. The van der Waals surface area contributed by atoms with E-state index in [9.17, 15) is 4.79 Å². The topological polar surface area (TPSA) is 54.0 Å². The number of pyridine rings is 1. The van der Waals surface area contributed by atoms with E-state index in [-0.39, 0.29) is 42.7 Å². The summed E-state index contributed by atoms with van der Waals surface area (Å²) in [7, 11) is 0. The zero-order valence-electron chi connectivity index (χ0n) is 11.0. The number of carbonyl (C=O) groups excluding carboxylic acids is 1. The van der Waals surface area contributed by atoms with Crippen molar-refractivity contribution in [1.29, 1.82) is 0 Å². The molecule has 2 heterocycles. The lowest BCUT2D eigenvalue weighted by atomic mass is 9.98. The zero-order valence-corrected chi connectivity index (χ0v) is 12.6. The third kappa shape index (κ3) is 5.35. The van der Waals surface area contributed by atoms with Crippen LogP contribution in [0.4, 0.5) is 0 Å². The van der Waals surface area contributed by atoms with Crippen molar-refractivity contribution in [2.75, 3.05) is 13.1 Å². The Morgan fingerprint density at radius 3 is 2.89 bits per heavy atom. The van der Waals surface area contributed by atoms with E-state index in [2.05, 4.69) is 15.6 Å². The van der Waals surface area contributed by atoms with E-state index < -0.39 is 0 Å². The lowest BCUT2D eigenvalue weighted by Crippen LogP contribution is -2.41. The van der Waals surface area contributed by atoms with Gasteiger partial charge in [-0.25, -0.2) is 0 Å². The Labute approximate surface area is 126 Å². The highest BCUT2D eigenvalue weighted by atomic mass is 35.5. The number of amides is 1. The maximum absolute atomic E-state index is 12.0. The first-order valence-corrected chi connectivity index (χ1v) is 6.18. The van der Waals surface area contributed by atoms with Gasteiger partial charge in [0.25, 0.3) is 0 Å². The molecule has 1 aliphatic rings. The fraction of sp³-hybridized carbons (Fsp3) is 0.538. The molecular weight excluding hydrogens is 285 g/mol. The second kappa shape index (κ2) is 9.13. The van der Waals surface area contributed by atoms with Crippen LogP contribution < -0.4 is 10.6 Å². The summed E-state index contributed by atoms with van der Waals surface area (Å²) in [5, 5.41) is 6.30. The van der Waals surface area contributed by atoms with Gasteiger partial charge in [0.2, 0.25) is 5.91 Å². The first-order valence-electron chi connectivity index (χ1n) is 6.18. The van der Waals surface area contributed by atoms with E-state index in [1.165, 1.54) is 0 Å². The first kappa shape index (κ1) is 18.2. The molecule has 0 bridgehead atoms. The number of nitrogens with one attached hydrogen (secondary N) is 2. The van der Waals surface area contributed by atoms with E-state index in [4.69, 9.17) is 0 Å². The van der Waals surface area contributed by atoms with Gasteiger partial charge in [-0.2, -0.15) is 0 Å². The highest BCUT2D eigenvalue weighted by Crippen LogP contribution is 2.14. The van der Waals surface area contributed by atoms with Crippen LogP contribution in [0.1, 0.15) is 31.4 Å². The van der Waals surface area contributed by atoms with Crippen LogP contribution in [0.25, 0.3) is 0 Å². The van der Waals surface area contributed by atoms with Gasteiger partial charge in [-0.3, -0.25) is 9.78 Å². The number of halogens is 2. The summed E-state index contributed by atoms with van der Waals surface area (Å²) in [6.45, 7) is 3.82. The average molecular weight is 306 g/mol. The molecule has 1 aliphatic heterocycles. The molecule has 19 heavy (non-hydrogen) atoms. The summed E-state index contributed by atoms with van der Waals surface area (Å²) in [6, 6.07) is 3.90. The van der Waals surface area contributed by atoms with Gasteiger partial charge in [0.1, 0.15) is 0 Å². The van der Waals surface area contributed by atoms with E-state index in [0.717, 1.165) is 31.5 Å². The molecule has 108 valence electrons. The van der Waals surface area contributed by atoms with Crippen LogP contribution in [0.15, 0.2) is 24.5 Å². The fourth-order valence-corrected chi connectivity index (χ4v) is 2.12. The third-order valence-corrected chi connectivity index (χ3v) is 3.21. The minimum atomic E-state index is 0. The lowest BCUT2D eigenvalue weighted by molar-refractivity contribution is -0.126. The van der Waals surface area contributed by atoms with Crippen molar-refractivity contribution in [3.05, 3.63) is 30.1 Å². The quantitative estimate of drug-likeness (QED) is 0.899. The number of aromatic nitrogens is 1. The Morgan fingerprint density at radius 2 is 2.32 bits per heavy atom. The smallest absolute Gasteiger partial charge is 0.224 e. The lowest BCUT2D eigenvalue weighted by Gasteiger charge is -2.24. The summed E-state index contributed by atoms with van der Waals surface area (Å²) in [6.07, 6.45) is 5.60. The number of carbonyl (C=O) groups is 1. The molecule has 0 spiro atoms. The van der Waals surface area contributed by atoms with Gasteiger partial charge in [-0.15, -0.1) is 24.8 Å². The molecule has 1 fully saturated rings. The standard InChI is InChI=1S/C13H19N3O.2ClH/c1-10(11-4-2-6-14-8-11)16-13(17)12-5-3-7-15-9-12;;/h2,4,6,8,10,12,15H,3,5,7,9H2,1H3,(H,16,17);2*1H/t10-,12+;;/m0../s1. The molecule has 0 radical (unpaired) electrons. The van der Waals surface area contributed by atoms with Crippen molar-refractivity contribution in [2.45, 2.75) is 25.8 Å². The molecule has 6 heteroatoms. The molecule has 0 aromatic carbocycles. The van der Waals surface area contributed by atoms with Crippen LogP contribution >= 0.6 is 24.8 Å². The summed E-state index contributed by atoms with van der Waals surface area (Å²) in [4.78, 5) is 16.1. The molecule has 1 aromatic heterocycles. The number of rotatable bonds is 3. The minimum absolute atomic E-state index is 0. The normalized spacial score (nSPS) is 19.5. The predicted molar refractivity (Wildman–Crippen MR) is 80.9 cm³/mol. The largest absolute Gasteiger partial charge is 0.349 e. The first-order chi connectivity index (χ1) is 8.27. The summed E-state index contributed by atoms with van der Waals surface area (Å²) in [5.41, 5.74) is 1.05. The predicted octanol–water partition coefficient (Wildman–Crippen LogP) is 2.10. The van der Waals surface area contributed by atoms with Gasteiger partial charge in [-0.05, 0) is 37.9 Å². The number of hydrogen-bond donors (Lipinski definition) is 2. The van der Waals surface area contributed by atoms with Crippen LogP contribution in [-0.2, 0) is 4.79 Å². The second-order valence-corrected chi connectivity index (χ2v) is 4.56. The molecule has 2 atom stereocenters. The molecular formula is C13H21Cl2N3O. The molecule has 1 amide bonds. The van der Waals surface area contributed by atoms with Crippen molar-refractivity contribution >= 4 is 30.7 Å². The molecule has 0 aliphatic carbocycles. The van der Waals surface area contributed by atoms with Crippen LogP contribution in [0, 0.1) is 5.92 Å². The molecule has 1 saturated heterocycles. The van der Waals surface area contributed by atoms with Crippen molar-refractivity contribution in [3.8, 4) is 0 Å². The van der Waals surface area contributed by atoms with Gasteiger partial charge in [0.05, 0.1) is 12.0 Å². The highest BCUT2D eigenvalue weighted by Gasteiger charge is 2.22. The van der Waals surface area contributed by atoms with E-state index in [0.29, 0.717) is 0 Å². The van der Waals surface area contributed by atoms with Crippen molar-refractivity contribution in [3.63, 3.8) is 0 Å².